The van der Waals surface area contributed by atoms with Gasteiger partial charge in [0.05, 0.1) is 6.61 Å². The van der Waals surface area contributed by atoms with E-state index in [1.165, 1.54) is 0 Å². The highest BCUT2D eigenvalue weighted by atomic mass is 16.5. The van der Waals surface area contributed by atoms with E-state index in [9.17, 15) is 9.59 Å². The minimum Gasteiger partial charge on any atom is -0.372 e. The highest BCUT2D eigenvalue weighted by molar-refractivity contribution is 5.97. The average Bonchev–Trinajstić information content (AvgIpc) is 2.74. The number of anilines is 1. The summed E-state index contributed by atoms with van der Waals surface area (Å²) in [7, 11) is 0. The molecule has 168 valence electrons. The molecule has 4 atom stereocenters. The van der Waals surface area contributed by atoms with Gasteiger partial charge in [-0.3, -0.25) is 14.5 Å². The van der Waals surface area contributed by atoms with Crippen LogP contribution in [0, 0.1) is 11.8 Å². The van der Waals surface area contributed by atoms with E-state index >= 15 is 0 Å². The predicted molar refractivity (Wildman–Crippen MR) is 121 cm³/mol. The molecule has 1 aliphatic rings. The summed E-state index contributed by atoms with van der Waals surface area (Å²) in [5.41, 5.74) is 0.691. The van der Waals surface area contributed by atoms with Crippen molar-refractivity contribution in [2.75, 3.05) is 37.7 Å². The van der Waals surface area contributed by atoms with Crippen LogP contribution >= 0.6 is 0 Å². The van der Waals surface area contributed by atoms with Crippen LogP contribution in [0.25, 0.3) is 0 Å². The van der Waals surface area contributed by atoms with E-state index in [-0.39, 0.29) is 30.0 Å². The second kappa shape index (κ2) is 11.6. The second-order valence-electron chi connectivity index (χ2n) is 8.77. The van der Waals surface area contributed by atoms with Gasteiger partial charge in [-0.05, 0) is 38.8 Å². The first-order valence-corrected chi connectivity index (χ1v) is 11.4. The molecule has 0 N–H and O–H groups in total. The number of ether oxygens (including phenoxy) is 1. The molecule has 1 aliphatic heterocycles. The fraction of sp³-hybridized carbons (Fsp3) is 0.708. The van der Waals surface area contributed by atoms with Crippen molar-refractivity contribution in [2.45, 2.75) is 66.5 Å². The molecule has 0 bridgehead atoms. The van der Waals surface area contributed by atoms with Crippen LogP contribution in [-0.2, 0) is 9.53 Å². The third kappa shape index (κ3) is 6.35. The van der Waals surface area contributed by atoms with Crippen LogP contribution in [0.2, 0.25) is 0 Å². The molecule has 2 heterocycles. The predicted octanol–water partition coefficient (Wildman–Crippen LogP) is 3.84. The molecule has 0 spiro atoms. The number of nitrogens with zero attached hydrogens (tertiary/aromatic N) is 3. The van der Waals surface area contributed by atoms with E-state index < -0.39 is 0 Å². The van der Waals surface area contributed by atoms with Gasteiger partial charge in [-0.25, -0.2) is 4.98 Å². The lowest BCUT2D eigenvalue weighted by atomic mass is 9.98. The number of piperazine rings is 1. The summed E-state index contributed by atoms with van der Waals surface area (Å²) < 4.78 is 5.62. The fourth-order valence-corrected chi connectivity index (χ4v) is 3.96. The van der Waals surface area contributed by atoms with Crippen LogP contribution in [-0.4, -0.2) is 66.4 Å². The Bertz CT molecular complexity index is 679. The lowest BCUT2D eigenvalue weighted by Crippen LogP contribution is -2.57. The minimum absolute atomic E-state index is 0.0294. The molecule has 1 fully saturated rings. The Hall–Kier alpha value is -1.79. The Labute approximate surface area is 182 Å². The van der Waals surface area contributed by atoms with Gasteiger partial charge in [0.15, 0.2) is 11.6 Å². The van der Waals surface area contributed by atoms with Gasteiger partial charge in [0.1, 0.15) is 12.4 Å². The first kappa shape index (κ1) is 24.5. The SMILES string of the molecule is CCC(C)C(=O)COCCN1C[C@@H](C)N(c2ccc(C(=O)C(C)CC)cn2)[C@@H](C)C1. The summed E-state index contributed by atoms with van der Waals surface area (Å²) >= 11 is 0. The normalized spacial score (nSPS) is 22.0. The summed E-state index contributed by atoms with van der Waals surface area (Å²) in [4.78, 5) is 33.6. The van der Waals surface area contributed by atoms with Gasteiger partial charge in [-0.1, -0.05) is 27.7 Å². The number of hydrogen-bond donors (Lipinski definition) is 0. The van der Waals surface area contributed by atoms with E-state index in [0.717, 1.165) is 38.3 Å². The summed E-state index contributed by atoms with van der Waals surface area (Å²) in [6.07, 6.45) is 3.42. The zero-order chi connectivity index (χ0) is 22.3. The van der Waals surface area contributed by atoms with Crippen LogP contribution < -0.4 is 4.90 Å². The van der Waals surface area contributed by atoms with Crippen molar-refractivity contribution in [3.63, 3.8) is 0 Å². The first-order chi connectivity index (χ1) is 14.3. The molecular weight excluding hydrogens is 378 g/mol. The number of pyridine rings is 1. The van der Waals surface area contributed by atoms with Crippen LogP contribution in [0.5, 0.6) is 0 Å². The van der Waals surface area contributed by atoms with Crippen molar-refractivity contribution in [1.82, 2.24) is 9.88 Å². The smallest absolute Gasteiger partial charge is 0.167 e. The number of Topliss-reactive ketones (excluding diaryl/α,β-unsaturated/α-hetero) is 2. The topological polar surface area (TPSA) is 62.7 Å². The molecular formula is C24H39N3O3. The standard InChI is InChI=1S/C24H39N3O3/c1-7-17(3)22(28)16-30-12-11-26-14-19(5)27(20(6)15-26)23-10-9-21(13-25-23)24(29)18(4)8-2/h9-10,13,17-20H,7-8,11-12,14-16H2,1-6H3/t17?,18?,19-,20+. The van der Waals surface area contributed by atoms with Crippen molar-refractivity contribution in [3.05, 3.63) is 23.9 Å². The second-order valence-corrected chi connectivity index (χ2v) is 8.77. The van der Waals surface area contributed by atoms with Crippen molar-refractivity contribution < 1.29 is 14.3 Å². The molecule has 0 radical (unpaired) electrons. The zero-order valence-electron chi connectivity index (χ0n) is 19.6. The van der Waals surface area contributed by atoms with Gasteiger partial charge in [-0.15, -0.1) is 0 Å². The third-order valence-corrected chi connectivity index (χ3v) is 6.31. The van der Waals surface area contributed by atoms with E-state index in [1.54, 1.807) is 6.20 Å². The van der Waals surface area contributed by atoms with Crippen molar-refractivity contribution in [3.8, 4) is 0 Å². The van der Waals surface area contributed by atoms with Gasteiger partial charge >= 0.3 is 0 Å². The molecule has 30 heavy (non-hydrogen) atoms. The van der Waals surface area contributed by atoms with Crippen molar-refractivity contribution >= 4 is 17.4 Å². The number of rotatable bonds is 11. The Morgan fingerprint density at radius 3 is 2.27 bits per heavy atom. The van der Waals surface area contributed by atoms with Gasteiger partial charge in [0.25, 0.3) is 0 Å². The minimum atomic E-state index is 0.0294. The molecule has 6 nitrogen and oxygen atoms in total. The van der Waals surface area contributed by atoms with Crippen molar-refractivity contribution in [2.24, 2.45) is 11.8 Å². The monoisotopic (exact) mass is 417 g/mol. The van der Waals surface area contributed by atoms with Crippen LogP contribution in [0.4, 0.5) is 5.82 Å². The summed E-state index contributed by atoms with van der Waals surface area (Å²) in [5.74, 6) is 1.38. The largest absolute Gasteiger partial charge is 0.372 e. The molecule has 1 aromatic heterocycles. The number of carbonyl (C=O) groups excluding carboxylic acids is 2. The molecule has 0 aromatic carbocycles. The van der Waals surface area contributed by atoms with E-state index in [4.69, 9.17) is 4.74 Å². The Kier molecular flexibility index (Phi) is 9.43. The van der Waals surface area contributed by atoms with Crippen molar-refractivity contribution in [1.29, 1.82) is 0 Å². The quantitative estimate of drug-likeness (QED) is 0.403. The number of hydrogen-bond acceptors (Lipinski definition) is 6. The van der Waals surface area contributed by atoms with E-state index in [1.807, 2.05) is 39.8 Å². The maximum atomic E-state index is 12.4. The summed E-state index contributed by atoms with van der Waals surface area (Å²) in [6, 6.07) is 4.49. The van der Waals surface area contributed by atoms with Gasteiger partial charge in [0.2, 0.25) is 0 Å². The highest BCUT2D eigenvalue weighted by Gasteiger charge is 2.30. The summed E-state index contributed by atoms with van der Waals surface area (Å²) in [6.45, 7) is 15.8. The van der Waals surface area contributed by atoms with Crippen LogP contribution in [0.3, 0.4) is 0 Å². The summed E-state index contributed by atoms with van der Waals surface area (Å²) in [5, 5.41) is 0. The van der Waals surface area contributed by atoms with E-state index in [0.29, 0.717) is 24.3 Å². The average molecular weight is 418 g/mol. The molecule has 0 aliphatic carbocycles. The Balaban J connectivity index is 1.87. The number of carbonyl (C=O) groups is 2. The molecule has 2 unspecified atom stereocenters. The third-order valence-electron chi connectivity index (χ3n) is 6.31. The van der Waals surface area contributed by atoms with E-state index in [2.05, 4.69) is 28.6 Å². The molecule has 6 heteroatoms. The molecule has 1 aromatic rings. The van der Waals surface area contributed by atoms with Gasteiger partial charge in [0, 0.05) is 55.3 Å². The van der Waals surface area contributed by atoms with Gasteiger partial charge in [-0.2, -0.15) is 0 Å². The molecule has 0 saturated carbocycles. The molecule has 0 amide bonds. The Morgan fingerprint density at radius 1 is 1.10 bits per heavy atom. The van der Waals surface area contributed by atoms with Gasteiger partial charge < -0.3 is 9.64 Å². The maximum Gasteiger partial charge on any atom is 0.167 e. The lowest BCUT2D eigenvalue weighted by molar-refractivity contribution is -0.127. The number of aromatic nitrogens is 1. The fourth-order valence-electron chi connectivity index (χ4n) is 3.96. The Morgan fingerprint density at radius 2 is 1.73 bits per heavy atom. The van der Waals surface area contributed by atoms with Crippen LogP contribution in [0.15, 0.2) is 18.3 Å². The van der Waals surface area contributed by atoms with Crippen LogP contribution in [0.1, 0.15) is 64.7 Å². The highest BCUT2D eigenvalue weighted by Crippen LogP contribution is 2.23. The first-order valence-electron chi connectivity index (χ1n) is 11.4. The molecule has 2 rings (SSSR count). The lowest BCUT2D eigenvalue weighted by Gasteiger charge is -2.45. The maximum absolute atomic E-state index is 12.4. The zero-order valence-corrected chi connectivity index (χ0v) is 19.6. The molecule has 1 saturated heterocycles. The number of ketones is 2.